The normalized spacial score (nSPS) is 11.6. The molecule has 0 saturated heterocycles. The van der Waals surface area contributed by atoms with E-state index in [9.17, 15) is 0 Å². The van der Waals surface area contributed by atoms with Gasteiger partial charge in [0.15, 0.2) is 5.82 Å². The van der Waals surface area contributed by atoms with Gasteiger partial charge in [-0.05, 0) is 30.7 Å². The van der Waals surface area contributed by atoms with Crippen molar-refractivity contribution < 1.29 is 0 Å². The largest absolute Gasteiger partial charge is 0.235 e. The predicted octanol–water partition coefficient (Wildman–Crippen LogP) is 5.64. The average molecular weight is 387 g/mol. The van der Waals surface area contributed by atoms with Crippen LogP contribution in [-0.2, 0) is 0 Å². The van der Waals surface area contributed by atoms with Gasteiger partial charge >= 0.3 is 0 Å². The minimum Gasteiger partial charge on any atom is -0.182 e. The molecule has 2 aromatic carbocycles. The highest BCUT2D eigenvalue weighted by molar-refractivity contribution is 7.17. The lowest BCUT2D eigenvalue weighted by atomic mass is 10.1. The second kappa shape index (κ2) is 6.59. The lowest BCUT2D eigenvalue weighted by Gasteiger charge is -1.97. The second-order valence-corrected chi connectivity index (χ2v) is 7.33. The van der Waals surface area contributed by atoms with Crippen LogP contribution in [0.4, 0.5) is 0 Å². The van der Waals surface area contributed by atoms with E-state index in [-0.39, 0.29) is 0 Å². The summed E-state index contributed by atoms with van der Waals surface area (Å²) in [7, 11) is 0. The Kier molecular flexibility index (Phi) is 4.29. The zero-order valence-corrected chi connectivity index (χ0v) is 15.5. The van der Waals surface area contributed by atoms with Gasteiger partial charge in [0.1, 0.15) is 5.01 Å². The Balaban J connectivity index is 1.66. The Bertz CT molecular complexity index is 1080. The van der Waals surface area contributed by atoms with E-state index < -0.39 is 0 Å². The summed E-state index contributed by atoms with van der Waals surface area (Å²) in [5.41, 5.74) is 3.15. The number of hydrogen-bond acceptors (Lipinski definition) is 4. The summed E-state index contributed by atoms with van der Waals surface area (Å²) in [6, 6.07) is 13.6. The Morgan fingerprint density at radius 3 is 2.52 bits per heavy atom. The first kappa shape index (κ1) is 16.3. The van der Waals surface area contributed by atoms with Crippen LogP contribution in [0.1, 0.15) is 16.1 Å². The summed E-state index contributed by atoms with van der Waals surface area (Å²) in [5.74, 6) is 0.737. The molecule has 0 bridgehead atoms. The van der Waals surface area contributed by atoms with E-state index in [1.165, 1.54) is 16.9 Å². The molecule has 0 unspecified atom stereocenters. The van der Waals surface area contributed by atoms with Gasteiger partial charge in [-0.1, -0.05) is 76.5 Å². The second-order valence-electron chi connectivity index (χ2n) is 5.53. The van der Waals surface area contributed by atoms with Gasteiger partial charge in [-0.3, -0.25) is 0 Å². The van der Waals surface area contributed by atoms with Gasteiger partial charge in [-0.15, -0.1) is 10.2 Å². The van der Waals surface area contributed by atoms with Gasteiger partial charge < -0.3 is 0 Å². The summed E-state index contributed by atoms with van der Waals surface area (Å²) in [6.07, 6.45) is 3.87. The summed E-state index contributed by atoms with van der Waals surface area (Å²) in [4.78, 5) is 0.754. The third-order valence-corrected chi connectivity index (χ3v) is 5.28. The summed E-state index contributed by atoms with van der Waals surface area (Å²) >= 11 is 13.5. The molecule has 4 nitrogen and oxygen atoms in total. The average Bonchev–Trinajstić information content (AvgIpc) is 3.17. The Morgan fingerprint density at radius 1 is 0.960 bits per heavy atom. The standard InChI is InChI=1S/C18H12Cl2N4S/c1-11-2-6-13(7-3-11)17-21-22-18-24(17)23-16(25-18)9-5-12-4-8-14(19)15(20)10-12/h2-10H,1H3/b9-5+. The van der Waals surface area contributed by atoms with Crippen LogP contribution in [0.3, 0.4) is 0 Å². The molecule has 4 rings (SSSR count). The highest BCUT2D eigenvalue weighted by Crippen LogP contribution is 2.25. The highest BCUT2D eigenvalue weighted by Gasteiger charge is 2.12. The number of rotatable bonds is 3. The van der Waals surface area contributed by atoms with Crippen molar-refractivity contribution in [3.8, 4) is 11.4 Å². The van der Waals surface area contributed by atoms with Crippen molar-refractivity contribution in [1.82, 2.24) is 19.8 Å². The third kappa shape index (κ3) is 3.31. The van der Waals surface area contributed by atoms with Gasteiger partial charge in [0, 0.05) is 5.56 Å². The summed E-state index contributed by atoms with van der Waals surface area (Å²) in [6.45, 7) is 2.05. The minimum atomic E-state index is 0.531. The molecule has 25 heavy (non-hydrogen) atoms. The van der Waals surface area contributed by atoms with Crippen molar-refractivity contribution >= 4 is 51.7 Å². The van der Waals surface area contributed by atoms with Crippen LogP contribution in [0.2, 0.25) is 10.0 Å². The fourth-order valence-electron chi connectivity index (χ4n) is 2.37. The Labute approximate surface area is 158 Å². The van der Waals surface area contributed by atoms with E-state index in [1.807, 2.05) is 48.6 Å². The van der Waals surface area contributed by atoms with Gasteiger partial charge in [-0.2, -0.15) is 9.61 Å². The van der Waals surface area contributed by atoms with E-state index >= 15 is 0 Å². The van der Waals surface area contributed by atoms with Gasteiger partial charge in [0.2, 0.25) is 4.96 Å². The van der Waals surface area contributed by atoms with Gasteiger partial charge in [0.25, 0.3) is 0 Å². The summed E-state index contributed by atoms with van der Waals surface area (Å²) < 4.78 is 1.77. The van der Waals surface area contributed by atoms with Crippen molar-refractivity contribution in [2.24, 2.45) is 0 Å². The number of benzene rings is 2. The summed E-state index contributed by atoms with van der Waals surface area (Å²) in [5, 5.41) is 15.0. The molecule has 0 spiro atoms. The number of aromatic nitrogens is 4. The number of halogens is 2. The van der Waals surface area contributed by atoms with Crippen LogP contribution >= 0.6 is 34.5 Å². The first-order chi connectivity index (χ1) is 12.1. The van der Waals surface area contributed by atoms with Crippen LogP contribution in [0.25, 0.3) is 28.5 Å². The maximum atomic E-state index is 6.04. The molecule has 0 fully saturated rings. The number of nitrogens with zero attached hydrogens (tertiary/aromatic N) is 4. The molecule has 0 saturated carbocycles. The van der Waals surface area contributed by atoms with Crippen LogP contribution < -0.4 is 0 Å². The van der Waals surface area contributed by atoms with Crippen molar-refractivity contribution in [2.75, 3.05) is 0 Å². The molecule has 0 radical (unpaired) electrons. The molecule has 124 valence electrons. The molecule has 2 heterocycles. The zero-order valence-electron chi connectivity index (χ0n) is 13.1. The topological polar surface area (TPSA) is 43.1 Å². The molecule has 0 N–H and O–H groups in total. The van der Waals surface area contributed by atoms with E-state index in [1.54, 1.807) is 10.6 Å². The lowest BCUT2D eigenvalue weighted by Crippen LogP contribution is -1.90. The maximum absolute atomic E-state index is 6.04. The Hall–Kier alpha value is -2.21. The molecule has 0 aliphatic heterocycles. The number of fused-ring (bicyclic) bond motifs is 1. The minimum absolute atomic E-state index is 0.531. The monoisotopic (exact) mass is 386 g/mol. The molecule has 0 atom stereocenters. The highest BCUT2D eigenvalue weighted by atomic mass is 35.5. The van der Waals surface area contributed by atoms with Gasteiger partial charge in [0.05, 0.1) is 10.0 Å². The van der Waals surface area contributed by atoms with E-state index in [4.69, 9.17) is 23.2 Å². The van der Waals surface area contributed by atoms with Crippen molar-refractivity contribution in [3.63, 3.8) is 0 Å². The zero-order chi connectivity index (χ0) is 17.4. The van der Waals surface area contributed by atoms with E-state index in [0.717, 1.165) is 26.9 Å². The van der Waals surface area contributed by atoms with Crippen molar-refractivity contribution in [3.05, 3.63) is 68.6 Å². The molecule has 2 aromatic heterocycles. The first-order valence-corrected chi connectivity index (χ1v) is 9.10. The number of aryl methyl sites for hydroxylation is 1. The molecule has 4 aromatic rings. The predicted molar refractivity (Wildman–Crippen MR) is 104 cm³/mol. The van der Waals surface area contributed by atoms with Crippen LogP contribution in [-0.4, -0.2) is 19.8 Å². The smallest absolute Gasteiger partial charge is 0.182 e. The fourth-order valence-corrected chi connectivity index (χ4v) is 3.41. The molecular weight excluding hydrogens is 375 g/mol. The first-order valence-electron chi connectivity index (χ1n) is 7.52. The molecule has 0 aliphatic rings. The van der Waals surface area contributed by atoms with Crippen LogP contribution in [0.15, 0.2) is 42.5 Å². The molecule has 7 heteroatoms. The molecular formula is C18H12Cl2N4S. The molecule has 0 amide bonds. The van der Waals surface area contributed by atoms with Crippen LogP contribution in [0, 0.1) is 6.92 Å². The van der Waals surface area contributed by atoms with Gasteiger partial charge in [-0.25, -0.2) is 0 Å². The SMILES string of the molecule is Cc1ccc(-c2nnc3sc(/C=C/c4ccc(Cl)c(Cl)c4)nn23)cc1. The van der Waals surface area contributed by atoms with Crippen molar-refractivity contribution in [2.45, 2.75) is 6.92 Å². The number of hydrogen-bond donors (Lipinski definition) is 0. The van der Waals surface area contributed by atoms with E-state index in [2.05, 4.69) is 22.2 Å². The maximum Gasteiger partial charge on any atom is 0.235 e. The quantitative estimate of drug-likeness (QED) is 0.457. The molecule has 0 aliphatic carbocycles. The van der Waals surface area contributed by atoms with Crippen molar-refractivity contribution in [1.29, 1.82) is 0 Å². The van der Waals surface area contributed by atoms with Crippen LogP contribution in [0.5, 0.6) is 0 Å². The fraction of sp³-hybridized carbons (Fsp3) is 0.0556. The Morgan fingerprint density at radius 2 is 1.76 bits per heavy atom. The third-order valence-electron chi connectivity index (χ3n) is 3.68. The van der Waals surface area contributed by atoms with E-state index in [0.29, 0.717) is 10.0 Å². The lowest BCUT2D eigenvalue weighted by molar-refractivity contribution is 0.959.